The van der Waals surface area contributed by atoms with Crippen LogP contribution in [0.4, 0.5) is 32.0 Å². The molecular weight excluding hydrogens is 749 g/mol. The number of benzene rings is 2. The highest BCUT2D eigenvalue weighted by Crippen LogP contribution is 2.66. The molecule has 2 aromatic carbocycles. The van der Waals surface area contributed by atoms with E-state index in [0.29, 0.717) is 4.90 Å². The van der Waals surface area contributed by atoms with Crippen LogP contribution >= 0.6 is 39.1 Å². The fourth-order valence-electron chi connectivity index (χ4n) is 7.32. The molecule has 2 aromatic rings. The number of nitrogens with zero attached hydrogens (tertiary/aromatic N) is 2. The highest BCUT2D eigenvalue weighted by atomic mass is 79.9. The van der Waals surface area contributed by atoms with Gasteiger partial charge in [-0.3, -0.25) is 24.1 Å². The zero-order valence-electron chi connectivity index (χ0n) is 23.8. The van der Waals surface area contributed by atoms with E-state index in [-0.39, 0.29) is 47.0 Å². The van der Waals surface area contributed by atoms with Crippen LogP contribution in [-0.4, -0.2) is 55.9 Å². The molecule has 6 atom stereocenters. The van der Waals surface area contributed by atoms with Crippen molar-refractivity contribution in [3.05, 3.63) is 64.7 Å². The van der Waals surface area contributed by atoms with Gasteiger partial charge in [-0.05, 0) is 43.0 Å². The number of aromatic hydroxyl groups is 1. The van der Waals surface area contributed by atoms with Gasteiger partial charge in [0, 0.05) is 17.5 Å². The van der Waals surface area contributed by atoms with Gasteiger partial charge in [-0.15, -0.1) is 23.2 Å². The second-order valence-electron chi connectivity index (χ2n) is 11.7. The van der Waals surface area contributed by atoms with E-state index >= 15 is 0 Å². The summed E-state index contributed by atoms with van der Waals surface area (Å²) in [6.45, 7) is 0. The van der Waals surface area contributed by atoms with E-state index in [2.05, 4.69) is 15.9 Å². The number of carbonyl (C=O) groups is 4. The minimum absolute atomic E-state index is 0.0270. The van der Waals surface area contributed by atoms with Crippen molar-refractivity contribution in [1.29, 1.82) is 0 Å². The number of rotatable bonds is 4. The molecule has 0 bridgehead atoms. The molecule has 250 valence electrons. The van der Waals surface area contributed by atoms with E-state index in [1.807, 2.05) is 0 Å². The fraction of sp³-hybridized carbons (Fsp3) is 0.400. The zero-order chi connectivity index (χ0) is 34.6. The Hall–Kier alpha value is -3.30. The molecule has 0 spiro atoms. The summed E-state index contributed by atoms with van der Waals surface area (Å²) >= 11 is 17.2. The van der Waals surface area contributed by atoms with Gasteiger partial charge in [-0.1, -0.05) is 33.6 Å². The molecule has 1 N–H and O–H groups in total. The minimum Gasteiger partial charge on any atom is -0.508 e. The summed E-state index contributed by atoms with van der Waals surface area (Å²) in [6, 6.07) is 4.51. The van der Waals surface area contributed by atoms with Gasteiger partial charge < -0.3 is 9.84 Å². The van der Waals surface area contributed by atoms with Crippen molar-refractivity contribution < 1.29 is 55.4 Å². The summed E-state index contributed by atoms with van der Waals surface area (Å²) < 4.78 is 87.1. The molecule has 0 unspecified atom stereocenters. The standard InChI is InChI=1S/C30H21BrCl2F6N2O6/c1-47-15-2-3-17(20(42)9-15)22-16-4-5-18-21(19(16)10-27(32)25(45)40(11-31)26(46)28(22,27)33)24(44)41(23(18)43)14-7-12(29(34,35)36)6-13(8-14)30(37,38)39/h2-4,6-9,18-19,21-22,42H,5,10-11H2,1H3/t18-,19+,21-,22+,27+,28-/m0/s1. The molecule has 1 saturated carbocycles. The number of carbonyl (C=O) groups excluding carboxylic acids is 4. The maximum atomic E-state index is 14.1. The smallest absolute Gasteiger partial charge is 0.416 e. The maximum absolute atomic E-state index is 14.1. The Kier molecular flexibility index (Phi) is 7.76. The third kappa shape index (κ3) is 4.70. The maximum Gasteiger partial charge on any atom is 0.416 e. The Labute approximate surface area is 280 Å². The molecule has 17 heteroatoms. The van der Waals surface area contributed by atoms with Crippen LogP contribution < -0.4 is 9.64 Å². The van der Waals surface area contributed by atoms with Crippen LogP contribution in [0.15, 0.2) is 48.0 Å². The number of phenolic OH excluding ortho intramolecular Hbond substituents is 1. The van der Waals surface area contributed by atoms with Crippen LogP contribution in [0.3, 0.4) is 0 Å². The van der Waals surface area contributed by atoms with Crippen molar-refractivity contribution in [3.8, 4) is 11.5 Å². The van der Waals surface area contributed by atoms with Crippen molar-refractivity contribution in [2.75, 3.05) is 17.5 Å². The molecular formula is C30H21BrCl2F6N2O6. The number of fused-ring (bicyclic) bond motifs is 4. The van der Waals surface area contributed by atoms with Gasteiger partial charge in [-0.2, -0.15) is 26.3 Å². The van der Waals surface area contributed by atoms with E-state index in [0.717, 1.165) is 4.90 Å². The molecule has 2 aliphatic heterocycles. The summed E-state index contributed by atoms with van der Waals surface area (Å²) in [5, 5.41) is 11.1. The van der Waals surface area contributed by atoms with Gasteiger partial charge in [0.15, 0.2) is 9.75 Å². The summed E-state index contributed by atoms with van der Waals surface area (Å²) in [5.41, 5.74) is -4.41. The lowest BCUT2D eigenvalue weighted by Crippen LogP contribution is -2.60. The average Bonchev–Trinajstić information content (AvgIpc) is 3.33. The number of allylic oxidation sites excluding steroid dienone is 2. The van der Waals surface area contributed by atoms with Crippen LogP contribution in [-0.2, 0) is 31.5 Å². The van der Waals surface area contributed by atoms with Crippen molar-refractivity contribution in [1.82, 2.24) is 4.90 Å². The fourth-order valence-corrected chi connectivity index (χ4v) is 8.73. The molecule has 4 amide bonds. The predicted octanol–water partition coefficient (Wildman–Crippen LogP) is 6.35. The normalized spacial score (nSPS) is 30.7. The molecule has 2 saturated heterocycles. The van der Waals surface area contributed by atoms with Crippen molar-refractivity contribution >= 4 is 68.4 Å². The van der Waals surface area contributed by atoms with E-state index in [1.54, 1.807) is 0 Å². The van der Waals surface area contributed by atoms with Crippen LogP contribution in [0.5, 0.6) is 11.5 Å². The largest absolute Gasteiger partial charge is 0.508 e. The number of ether oxygens (including phenoxy) is 1. The van der Waals surface area contributed by atoms with Gasteiger partial charge in [0.05, 0.1) is 41.2 Å². The molecule has 6 rings (SSSR count). The first-order valence-electron chi connectivity index (χ1n) is 13.9. The number of methoxy groups -OCH3 is 1. The van der Waals surface area contributed by atoms with Gasteiger partial charge in [0.1, 0.15) is 11.5 Å². The highest BCUT2D eigenvalue weighted by Gasteiger charge is 2.76. The number of phenols is 1. The van der Waals surface area contributed by atoms with Crippen molar-refractivity contribution in [2.24, 2.45) is 17.8 Å². The highest BCUT2D eigenvalue weighted by molar-refractivity contribution is 9.09. The van der Waals surface area contributed by atoms with Crippen LogP contribution in [0.25, 0.3) is 0 Å². The summed E-state index contributed by atoms with van der Waals surface area (Å²) in [7, 11) is 1.34. The van der Waals surface area contributed by atoms with Crippen molar-refractivity contribution in [3.63, 3.8) is 0 Å². The van der Waals surface area contributed by atoms with E-state index in [4.69, 9.17) is 27.9 Å². The average molecular weight is 770 g/mol. The van der Waals surface area contributed by atoms with Gasteiger partial charge in [0.25, 0.3) is 11.8 Å². The summed E-state index contributed by atoms with van der Waals surface area (Å²) in [4.78, 5) is 51.8. The van der Waals surface area contributed by atoms with Crippen LogP contribution in [0.1, 0.15) is 35.4 Å². The van der Waals surface area contributed by atoms with Crippen LogP contribution in [0, 0.1) is 17.8 Å². The third-order valence-corrected chi connectivity index (χ3v) is 11.3. The second kappa shape index (κ2) is 10.9. The lowest BCUT2D eigenvalue weighted by molar-refractivity contribution is -0.143. The van der Waals surface area contributed by atoms with Gasteiger partial charge in [0.2, 0.25) is 11.8 Å². The Morgan fingerprint density at radius 1 is 0.936 bits per heavy atom. The third-order valence-electron chi connectivity index (χ3n) is 9.39. The first kappa shape index (κ1) is 33.6. The van der Waals surface area contributed by atoms with E-state index in [1.165, 1.54) is 31.4 Å². The first-order valence-corrected chi connectivity index (χ1v) is 15.7. The molecule has 47 heavy (non-hydrogen) atoms. The Bertz CT molecular complexity index is 1750. The number of alkyl halides is 9. The number of hydrogen-bond acceptors (Lipinski definition) is 6. The molecule has 0 aromatic heterocycles. The monoisotopic (exact) mass is 768 g/mol. The Balaban J connectivity index is 1.51. The lowest BCUT2D eigenvalue weighted by Gasteiger charge is -2.50. The summed E-state index contributed by atoms with van der Waals surface area (Å²) in [5.74, 6) is -9.37. The van der Waals surface area contributed by atoms with Gasteiger partial charge in [-0.25, -0.2) is 4.90 Å². The van der Waals surface area contributed by atoms with E-state index in [9.17, 15) is 50.6 Å². The molecule has 4 aliphatic rings. The number of imide groups is 2. The van der Waals surface area contributed by atoms with Gasteiger partial charge >= 0.3 is 12.4 Å². The number of anilines is 1. The lowest BCUT2D eigenvalue weighted by atomic mass is 9.56. The molecule has 8 nitrogen and oxygen atoms in total. The number of hydrogen-bond donors (Lipinski definition) is 1. The van der Waals surface area contributed by atoms with Crippen LogP contribution in [0.2, 0.25) is 0 Å². The molecule has 3 fully saturated rings. The number of likely N-dealkylation sites (tertiary alicyclic amines) is 1. The Morgan fingerprint density at radius 2 is 1.55 bits per heavy atom. The summed E-state index contributed by atoms with van der Waals surface area (Å²) in [6.07, 6.45) is -9.70. The van der Waals surface area contributed by atoms with Crippen molar-refractivity contribution in [2.45, 2.75) is 40.9 Å². The number of halogens is 9. The predicted molar refractivity (Wildman–Crippen MR) is 157 cm³/mol. The topological polar surface area (TPSA) is 104 Å². The Morgan fingerprint density at radius 3 is 2.09 bits per heavy atom. The molecule has 2 heterocycles. The van der Waals surface area contributed by atoms with E-state index < -0.39 is 98.4 Å². The number of amides is 4. The molecule has 0 radical (unpaired) electrons. The molecule has 2 aliphatic carbocycles. The minimum atomic E-state index is -5.24. The zero-order valence-corrected chi connectivity index (χ0v) is 26.9. The SMILES string of the molecule is COc1ccc([C@H]2C3=CC[C@@H]4C(=O)N(c5cc(C(F)(F)F)cc(C(F)(F)F)c5)C(=O)[C@@H]4[C@@H]3C[C@@]3(Cl)C(=O)N(CBr)C(=O)[C@@]23Cl)c(O)c1. The second-order valence-corrected chi connectivity index (χ2v) is 13.4. The first-order chi connectivity index (χ1) is 21.8. The quantitative estimate of drug-likeness (QED) is 0.128.